The lowest BCUT2D eigenvalue weighted by Gasteiger charge is -2.27. The van der Waals surface area contributed by atoms with Crippen LogP contribution in [-0.4, -0.2) is 6.04 Å². The average molecular weight is 271 g/mol. The van der Waals surface area contributed by atoms with E-state index in [0.29, 0.717) is 18.2 Å². The highest BCUT2D eigenvalue weighted by Gasteiger charge is 2.32. The van der Waals surface area contributed by atoms with Gasteiger partial charge in [-0.2, -0.15) is 13.2 Å². The molecule has 0 unspecified atom stereocenters. The molecule has 0 heterocycles. The van der Waals surface area contributed by atoms with Gasteiger partial charge in [0.2, 0.25) is 0 Å². The zero-order chi connectivity index (χ0) is 13.9. The maximum absolute atomic E-state index is 12.8. The van der Waals surface area contributed by atoms with E-state index >= 15 is 0 Å². The Bertz CT molecular complexity index is 406. The topological polar surface area (TPSA) is 12.0 Å². The maximum atomic E-state index is 12.8. The Morgan fingerprint density at radius 2 is 1.74 bits per heavy atom. The smallest absolute Gasteiger partial charge is 0.310 e. The summed E-state index contributed by atoms with van der Waals surface area (Å²) in [6.45, 7) is 2.53. The minimum absolute atomic E-state index is 0.300. The van der Waals surface area contributed by atoms with Crippen molar-refractivity contribution in [1.29, 1.82) is 0 Å². The van der Waals surface area contributed by atoms with Crippen LogP contribution in [0.2, 0.25) is 0 Å². The van der Waals surface area contributed by atoms with Gasteiger partial charge in [-0.15, -0.1) is 0 Å². The van der Waals surface area contributed by atoms with Gasteiger partial charge in [-0.1, -0.05) is 25.1 Å². The van der Waals surface area contributed by atoms with E-state index in [1.807, 2.05) is 0 Å². The van der Waals surface area contributed by atoms with Crippen molar-refractivity contribution in [1.82, 2.24) is 5.32 Å². The minimum Gasteiger partial charge on any atom is -0.310 e. The highest BCUT2D eigenvalue weighted by atomic mass is 19.4. The molecule has 1 nitrogen and oxygen atoms in total. The molecule has 2 rings (SSSR count). The van der Waals surface area contributed by atoms with Crippen LogP contribution in [0.4, 0.5) is 13.2 Å². The SMILES string of the molecule is CC1CCC(NCc2ccccc2C(F)(F)F)CC1. The summed E-state index contributed by atoms with van der Waals surface area (Å²) in [6.07, 6.45) is 0.196. The number of rotatable bonds is 3. The molecule has 106 valence electrons. The van der Waals surface area contributed by atoms with Gasteiger partial charge in [-0.05, 0) is 43.2 Å². The Kier molecular flexibility index (Phi) is 4.50. The highest BCUT2D eigenvalue weighted by Crippen LogP contribution is 2.32. The Labute approximate surface area is 112 Å². The van der Waals surface area contributed by atoms with Crippen molar-refractivity contribution in [3.63, 3.8) is 0 Å². The molecule has 0 amide bonds. The van der Waals surface area contributed by atoms with Crippen LogP contribution in [0, 0.1) is 5.92 Å². The highest BCUT2D eigenvalue weighted by molar-refractivity contribution is 5.29. The van der Waals surface area contributed by atoms with Gasteiger partial charge >= 0.3 is 6.18 Å². The van der Waals surface area contributed by atoms with Crippen LogP contribution in [0.25, 0.3) is 0 Å². The summed E-state index contributed by atoms with van der Waals surface area (Å²) < 4.78 is 38.5. The molecule has 0 aliphatic heterocycles. The van der Waals surface area contributed by atoms with E-state index in [1.54, 1.807) is 12.1 Å². The number of alkyl halides is 3. The van der Waals surface area contributed by atoms with Gasteiger partial charge in [-0.3, -0.25) is 0 Å². The minimum atomic E-state index is -4.26. The van der Waals surface area contributed by atoms with E-state index in [0.717, 1.165) is 24.8 Å². The van der Waals surface area contributed by atoms with Crippen molar-refractivity contribution in [3.8, 4) is 0 Å². The lowest BCUT2D eigenvalue weighted by molar-refractivity contribution is -0.138. The van der Waals surface area contributed by atoms with Gasteiger partial charge in [0.25, 0.3) is 0 Å². The summed E-state index contributed by atoms with van der Waals surface area (Å²) in [5.41, 5.74) is -0.180. The van der Waals surface area contributed by atoms with Gasteiger partial charge in [0.1, 0.15) is 0 Å². The second-order valence-corrected chi connectivity index (χ2v) is 5.49. The number of nitrogens with one attached hydrogen (secondary N) is 1. The largest absolute Gasteiger partial charge is 0.416 e. The molecule has 1 saturated carbocycles. The molecule has 1 aromatic rings. The van der Waals surface area contributed by atoms with Gasteiger partial charge < -0.3 is 5.32 Å². The standard InChI is InChI=1S/C15H20F3N/c1-11-6-8-13(9-7-11)19-10-12-4-2-3-5-14(12)15(16,17)18/h2-5,11,13,19H,6-10H2,1H3. The second kappa shape index (κ2) is 5.95. The third-order valence-electron chi connectivity index (χ3n) is 3.92. The first-order chi connectivity index (χ1) is 8.97. The molecule has 19 heavy (non-hydrogen) atoms. The Hall–Kier alpha value is -1.03. The molecular formula is C15H20F3N. The first-order valence-electron chi connectivity index (χ1n) is 6.85. The monoisotopic (exact) mass is 271 g/mol. The molecule has 1 aliphatic carbocycles. The fourth-order valence-corrected chi connectivity index (χ4v) is 2.67. The third kappa shape index (κ3) is 3.96. The summed E-state index contributed by atoms with van der Waals surface area (Å²) >= 11 is 0. The predicted molar refractivity (Wildman–Crippen MR) is 69.7 cm³/mol. The summed E-state index contributed by atoms with van der Waals surface area (Å²) in [5, 5.41) is 3.27. The van der Waals surface area contributed by atoms with E-state index in [4.69, 9.17) is 0 Å². The van der Waals surface area contributed by atoms with E-state index < -0.39 is 11.7 Å². The molecular weight excluding hydrogens is 251 g/mol. The van der Waals surface area contributed by atoms with Crippen LogP contribution in [-0.2, 0) is 12.7 Å². The lowest BCUT2D eigenvalue weighted by Crippen LogP contribution is -2.32. The fraction of sp³-hybridized carbons (Fsp3) is 0.600. The average Bonchev–Trinajstić information content (AvgIpc) is 2.37. The molecule has 0 spiro atoms. The van der Waals surface area contributed by atoms with E-state index in [-0.39, 0.29) is 0 Å². The third-order valence-corrected chi connectivity index (χ3v) is 3.92. The number of hydrogen-bond donors (Lipinski definition) is 1. The quantitative estimate of drug-likeness (QED) is 0.860. The molecule has 4 heteroatoms. The summed E-state index contributed by atoms with van der Waals surface area (Å²) in [4.78, 5) is 0. The first kappa shape index (κ1) is 14.4. The summed E-state index contributed by atoms with van der Waals surface area (Å²) in [6, 6.07) is 6.17. The van der Waals surface area contributed by atoms with E-state index in [2.05, 4.69) is 12.2 Å². The van der Waals surface area contributed by atoms with E-state index in [1.165, 1.54) is 18.9 Å². The Balaban J connectivity index is 1.96. The predicted octanol–water partition coefficient (Wildman–Crippen LogP) is 4.37. The molecule has 1 aromatic carbocycles. The molecule has 1 fully saturated rings. The molecule has 0 atom stereocenters. The molecule has 0 aromatic heterocycles. The zero-order valence-electron chi connectivity index (χ0n) is 11.1. The van der Waals surface area contributed by atoms with Gasteiger partial charge in [-0.25, -0.2) is 0 Å². The van der Waals surface area contributed by atoms with Crippen LogP contribution < -0.4 is 5.32 Å². The van der Waals surface area contributed by atoms with Crippen molar-refractivity contribution in [2.75, 3.05) is 0 Å². The Morgan fingerprint density at radius 3 is 2.37 bits per heavy atom. The molecule has 1 aliphatic rings. The van der Waals surface area contributed by atoms with Crippen molar-refractivity contribution in [2.24, 2.45) is 5.92 Å². The maximum Gasteiger partial charge on any atom is 0.416 e. The lowest BCUT2D eigenvalue weighted by atomic mass is 9.87. The summed E-state index contributed by atoms with van der Waals surface area (Å²) in [5.74, 6) is 0.750. The van der Waals surface area contributed by atoms with Crippen molar-refractivity contribution in [3.05, 3.63) is 35.4 Å². The van der Waals surface area contributed by atoms with Crippen LogP contribution in [0.5, 0.6) is 0 Å². The van der Waals surface area contributed by atoms with Crippen LogP contribution >= 0.6 is 0 Å². The molecule has 0 bridgehead atoms. The van der Waals surface area contributed by atoms with Gasteiger partial charge in [0.05, 0.1) is 5.56 Å². The van der Waals surface area contributed by atoms with Crippen LogP contribution in [0.3, 0.4) is 0 Å². The normalized spacial score (nSPS) is 24.4. The van der Waals surface area contributed by atoms with Crippen LogP contribution in [0.15, 0.2) is 24.3 Å². The fourth-order valence-electron chi connectivity index (χ4n) is 2.67. The summed E-state index contributed by atoms with van der Waals surface area (Å²) in [7, 11) is 0. The van der Waals surface area contributed by atoms with Crippen molar-refractivity contribution in [2.45, 2.75) is 51.4 Å². The first-order valence-corrected chi connectivity index (χ1v) is 6.85. The number of hydrogen-bond acceptors (Lipinski definition) is 1. The second-order valence-electron chi connectivity index (χ2n) is 5.49. The number of halogens is 3. The van der Waals surface area contributed by atoms with Gasteiger partial charge in [0, 0.05) is 12.6 Å². The number of benzene rings is 1. The zero-order valence-corrected chi connectivity index (χ0v) is 11.1. The van der Waals surface area contributed by atoms with Crippen LogP contribution in [0.1, 0.15) is 43.7 Å². The van der Waals surface area contributed by atoms with Crippen molar-refractivity contribution < 1.29 is 13.2 Å². The van der Waals surface area contributed by atoms with Gasteiger partial charge in [0.15, 0.2) is 0 Å². The molecule has 1 N–H and O–H groups in total. The van der Waals surface area contributed by atoms with E-state index in [9.17, 15) is 13.2 Å². The molecule has 0 radical (unpaired) electrons. The molecule has 0 saturated heterocycles. The Morgan fingerprint density at radius 1 is 1.11 bits per heavy atom. The van der Waals surface area contributed by atoms with Crippen molar-refractivity contribution >= 4 is 0 Å².